The molecule has 0 bridgehead atoms. The number of rotatable bonds is 5. The number of terminal acetylenes is 1. The molecule has 1 heterocycles. The van der Waals surface area contributed by atoms with E-state index in [0.29, 0.717) is 27.4 Å². The molecular formula is C16H11BrClNO3. The molecule has 1 aromatic heterocycles. The lowest BCUT2D eigenvalue weighted by atomic mass is 10.2. The van der Waals surface area contributed by atoms with Gasteiger partial charge in [0.2, 0.25) is 0 Å². The van der Waals surface area contributed by atoms with Gasteiger partial charge in [-0.2, -0.15) is 0 Å². The van der Waals surface area contributed by atoms with Gasteiger partial charge in [0.15, 0.2) is 12.4 Å². The van der Waals surface area contributed by atoms with Crippen molar-refractivity contribution in [1.29, 1.82) is 0 Å². The van der Waals surface area contributed by atoms with Gasteiger partial charge < -0.3 is 9.47 Å². The van der Waals surface area contributed by atoms with Gasteiger partial charge in [-0.3, -0.25) is 4.98 Å². The Hall–Kier alpha value is -2.03. The minimum absolute atomic E-state index is 0.0900. The molecule has 112 valence electrons. The number of carbonyl (C=O) groups is 1. The first-order valence-corrected chi connectivity index (χ1v) is 7.40. The first-order valence-electron chi connectivity index (χ1n) is 6.23. The van der Waals surface area contributed by atoms with Crippen LogP contribution in [-0.4, -0.2) is 17.6 Å². The van der Waals surface area contributed by atoms with Crippen LogP contribution in [-0.2, 0) is 11.3 Å². The molecule has 6 heteroatoms. The molecule has 0 atom stereocenters. The van der Waals surface area contributed by atoms with Crippen molar-refractivity contribution in [2.75, 3.05) is 6.61 Å². The number of pyridine rings is 1. The highest BCUT2D eigenvalue weighted by atomic mass is 79.9. The summed E-state index contributed by atoms with van der Waals surface area (Å²) in [7, 11) is 0. The summed E-state index contributed by atoms with van der Waals surface area (Å²) in [6.07, 6.45) is 8.43. The molecule has 0 unspecified atom stereocenters. The molecule has 0 saturated heterocycles. The number of carbonyl (C=O) groups excluding carboxylic acids is 1. The predicted octanol–water partition coefficient (Wildman–Crippen LogP) is 3.87. The Bertz CT molecular complexity index is 690. The maximum absolute atomic E-state index is 11.8. The zero-order valence-corrected chi connectivity index (χ0v) is 13.7. The number of aromatic nitrogens is 1. The Balaban J connectivity index is 2.13. The molecule has 0 fully saturated rings. The SMILES string of the molecule is C#CCOC(=O)c1cc(Cl)c(OCc2cccnc2)c(Br)c1. The van der Waals surface area contributed by atoms with Gasteiger partial charge in [-0.25, -0.2) is 4.79 Å². The summed E-state index contributed by atoms with van der Waals surface area (Å²) >= 11 is 9.50. The van der Waals surface area contributed by atoms with E-state index in [1.165, 1.54) is 6.07 Å². The Kier molecular flexibility index (Phi) is 5.82. The summed E-state index contributed by atoms with van der Waals surface area (Å²) in [5.74, 6) is 2.13. The summed E-state index contributed by atoms with van der Waals surface area (Å²) in [6.45, 7) is 0.223. The van der Waals surface area contributed by atoms with Gasteiger partial charge in [-0.1, -0.05) is 23.6 Å². The van der Waals surface area contributed by atoms with E-state index in [4.69, 9.17) is 27.5 Å². The normalized spacial score (nSPS) is 9.86. The Morgan fingerprint density at radius 1 is 1.45 bits per heavy atom. The second-order valence-corrected chi connectivity index (χ2v) is 5.46. The fourth-order valence-electron chi connectivity index (χ4n) is 1.65. The molecule has 1 aromatic carbocycles. The van der Waals surface area contributed by atoms with Crippen LogP contribution in [0.15, 0.2) is 41.1 Å². The largest absolute Gasteiger partial charge is 0.486 e. The van der Waals surface area contributed by atoms with E-state index < -0.39 is 5.97 Å². The first-order chi connectivity index (χ1) is 10.6. The lowest BCUT2D eigenvalue weighted by Gasteiger charge is -2.11. The highest BCUT2D eigenvalue weighted by molar-refractivity contribution is 9.10. The van der Waals surface area contributed by atoms with Gasteiger partial charge in [0.05, 0.1) is 15.1 Å². The van der Waals surface area contributed by atoms with Gasteiger partial charge in [0, 0.05) is 18.0 Å². The number of ether oxygens (including phenoxy) is 2. The molecule has 0 amide bonds. The average molecular weight is 381 g/mol. The van der Waals surface area contributed by atoms with Crippen molar-refractivity contribution in [3.8, 4) is 18.1 Å². The smallest absolute Gasteiger partial charge is 0.339 e. The zero-order chi connectivity index (χ0) is 15.9. The highest BCUT2D eigenvalue weighted by Crippen LogP contribution is 2.35. The lowest BCUT2D eigenvalue weighted by Crippen LogP contribution is -2.06. The maximum Gasteiger partial charge on any atom is 0.339 e. The van der Waals surface area contributed by atoms with Crippen LogP contribution in [0.2, 0.25) is 5.02 Å². The van der Waals surface area contributed by atoms with Crippen LogP contribution in [0.5, 0.6) is 5.75 Å². The molecule has 0 spiro atoms. The van der Waals surface area contributed by atoms with E-state index in [-0.39, 0.29) is 6.61 Å². The summed E-state index contributed by atoms with van der Waals surface area (Å²) in [6, 6.07) is 6.76. The number of benzene rings is 1. The minimum Gasteiger partial charge on any atom is -0.486 e. The Morgan fingerprint density at radius 3 is 2.91 bits per heavy atom. The topological polar surface area (TPSA) is 48.4 Å². The van der Waals surface area contributed by atoms with Crippen molar-refractivity contribution in [1.82, 2.24) is 4.98 Å². The number of halogens is 2. The van der Waals surface area contributed by atoms with Crippen molar-refractivity contribution in [2.24, 2.45) is 0 Å². The Labute approximate surface area is 141 Å². The van der Waals surface area contributed by atoms with Gasteiger partial charge in [-0.15, -0.1) is 6.42 Å². The third-order valence-electron chi connectivity index (χ3n) is 2.63. The van der Waals surface area contributed by atoms with E-state index in [1.807, 2.05) is 12.1 Å². The molecule has 22 heavy (non-hydrogen) atoms. The van der Waals surface area contributed by atoms with Crippen molar-refractivity contribution < 1.29 is 14.3 Å². The Morgan fingerprint density at radius 2 is 2.27 bits per heavy atom. The second-order valence-electron chi connectivity index (χ2n) is 4.20. The highest BCUT2D eigenvalue weighted by Gasteiger charge is 2.15. The lowest BCUT2D eigenvalue weighted by molar-refractivity contribution is 0.0556. The summed E-state index contributed by atoms with van der Waals surface area (Å²) in [5.41, 5.74) is 1.20. The van der Waals surface area contributed by atoms with E-state index >= 15 is 0 Å². The number of hydrogen-bond donors (Lipinski definition) is 0. The fourth-order valence-corrected chi connectivity index (χ4v) is 2.61. The molecule has 0 aliphatic heterocycles. The number of esters is 1. The van der Waals surface area contributed by atoms with Crippen molar-refractivity contribution in [2.45, 2.75) is 6.61 Å². The third-order valence-corrected chi connectivity index (χ3v) is 3.50. The van der Waals surface area contributed by atoms with Crippen LogP contribution in [0.3, 0.4) is 0 Å². The van der Waals surface area contributed by atoms with E-state index in [0.717, 1.165) is 5.56 Å². The van der Waals surface area contributed by atoms with Crippen LogP contribution >= 0.6 is 27.5 Å². The van der Waals surface area contributed by atoms with Crippen LogP contribution in [0.4, 0.5) is 0 Å². The molecule has 0 saturated carbocycles. The van der Waals surface area contributed by atoms with Crippen LogP contribution in [0.1, 0.15) is 15.9 Å². The van der Waals surface area contributed by atoms with E-state index in [9.17, 15) is 4.79 Å². The van der Waals surface area contributed by atoms with E-state index in [2.05, 4.69) is 26.8 Å². The van der Waals surface area contributed by atoms with Crippen LogP contribution < -0.4 is 4.74 Å². The minimum atomic E-state index is -0.542. The first kappa shape index (κ1) is 16.3. The molecule has 0 N–H and O–H groups in total. The monoisotopic (exact) mass is 379 g/mol. The van der Waals surface area contributed by atoms with Gasteiger partial charge in [0.25, 0.3) is 0 Å². The summed E-state index contributed by atoms with van der Waals surface area (Å²) in [4.78, 5) is 15.8. The van der Waals surface area contributed by atoms with Gasteiger partial charge in [-0.05, 0) is 34.1 Å². The van der Waals surface area contributed by atoms with Gasteiger partial charge in [0.1, 0.15) is 6.61 Å². The second kappa shape index (κ2) is 7.83. The number of nitrogens with zero attached hydrogens (tertiary/aromatic N) is 1. The molecule has 0 aliphatic rings. The molecule has 2 aromatic rings. The van der Waals surface area contributed by atoms with E-state index in [1.54, 1.807) is 18.5 Å². The predicted molar refractivity (Wildman–Crippen MR) is 86.8 cm³/mol. The summed E-state index contributed by atoms with van der Waals surface area (Å²) in [5, 5.41) is 0.297. The molecule has 2 rings (SSSR count). The average Bonchev–Trinajstić information content (AvgIpc) is 2.52. The summed E-state index contributed by atoms with van der Waals surface area (Å²) < 4.78 is 11.1. The zero-order valence-electron chi connectivity index (χ0n) is 11.4. The maximum atomic E-state index is 11.8. The van der Waals surface area contributed by atoms with Crippen molar-refractivity contribution >= 4 is 33.5 Å². The van der Waals surface area contributed by atoms with Crippen LogP contribution in [0, 0.1) is 12.3 Å². The standard InChI is InChI=1S/C16H11BrClNO3/c1-2-6-21-16(20)12-7-13(17)15(14(18)8-12)22-10-11-4-3-5-19-9-11/h1,3-5,7-9H,6,10H2. The van der Waals surface area contributed by atoms with Crippen LogP contribution in [0.25, 0.3) is 0 Å². The number of hydrogen-bond acceptors (Lipinski definition) is 4. The fraction of sp³-hybridized carbons (Fsp3) is 0.125. The van der Waals surface area contributed by atoms with Crippen molar-refractivity contribution in [3.63, 3.8) is 0 Å². The molecule has 0 radical (unpaired) electrons. The molecule has 4 nitrogen and oxygen atoms in total. The quantitative estimate of drug-likeness (QED) is 0.584. The van der Waals surface area contributed by atoms with Gasteiger partial charge >= 0.3 is 5.97 Å². The molecule has 0 aliphatic carbocycles. The van der Waals surface area contributed by atoms with Crippen molar-refractivity contribution in [3.05, 3.63) is 57.3 Å². The third kappa shape index (κ3) is 4.23. The molecular weight excluding hydrogens is 370 g/mol.